The number of nitrogens with zero attached hydrogens (tertiary/aromatic N) is 1. The molecule has 7 heteroatoms. The van der Waals surface area contributed by atoms with Crippen molar-refractivity contribution < 1.29 is 13.2 Å². The van der Waals surface area contributed by atoms with Crippen LogP contribution in [0.3, 0.4) is 0 Å². The molecule has 158 valence electrons. The summed E-state index contributed by atoms with van der Waals surface area (Å²) < 4.78 is 27.0. The normalized spacial score (nSPS) is 18.6. The maximum atomic E-state index is 12.2. The SMILES string of the molecule is CC1Cc2ccccc2N1CCNC(=O)/C=C/c1ccc(S(=O)(=O)NC2CC2)cc1. The largest absolute Gasteiger partial charge is 0.367 e. The summed E-state index contributed by atoms with van der Waals surface area (Å²) in [5.74, 6) is -0.165. The second-order valence-corrected chi connectivity index (χ2v) is 9.68. The van der Waals surface area contributed by atoms with Crippen LogP contribution in [0.25, 0.3) is 6.08 Å². The van der Waals surface area contributed by atoms with Gasteiger partial charge in [0, 0.05) is 36.9 Å². The van der Waals surface area contributed by atoms with E-state index >= 15 is 0 Å². The number of hydrogen-bond acceptors (Lipinski definition) is 4. The smallest absolute Gasteiger partial charge is 0.244 e. The Balaban J connectivity index is 1.27. The minimum Gasteiger partial charge on any atom is -0.367 e. The van der Waals surface area contributed by atoms with E-state index < -0.39 is 10.0 Å². The standard InChI is InChI=1S/C23H27N3O3S/c1-17-16-19-4-2-3-5-22(19)26(17)15-14-24-23(27)13-8-18-6-11-21(12-7-18)30(28,29)25-20-9-10-20/h2-8,11-13,17,20,25H,9-10,14-16H2,1H3,(H,24,27)/b13-8+. The second kappa shape index (κ2) is 8.62. The molecule has 1 unspecified atom stereocenters. The highest BCUT2D eigenvalue weighted by molar-refractivity contribution is 7.89. The molecule has 2 aliphatic rings. The number of hydrogen-bond donors (Lipinski definition) is 2. The van der Waals surface area contributed by atoms with Crippen molar-refractivity contribution in [1.82, 2.24) is 10.0 Å². The van der Waals surface area contributed by atoms with Crippen molar-refractivity contribution in [3.05, 3.63) is 65.7 Å². The van der Waals surface area contributed by atoms with Gasteiger partial charge in [-0.15, -0.1) is 0 Å². The van der Waals surface area contributed by atoms with E-state index in [0.29, 0.717) is 12.6 Å². The van der Waals surface area contributed by atoms with Gasteiger partial charge in [-0.1, -0.05) is 30.3 Å². The molecule has 2 aromatic carbocycles. The predicted octanol–water partition coefficient (Wildman–Crippen LogP) is 2.71. The average molecular weight is 426 g/mol. The van der Waals surface area contributed by atoms with Crippen LogP contribution < -0.4 is 14.9 Å². The first-order chi connectivity index (χ1) is 14.4. The van der Waals surface area contributed by atoms with Crippen molar-refractivity contribution in [2.75, 3.05) is 18.0 Å². The van der Waals surface area contributed by atoms with Gasteiger partial charge in [0.1, 0.15) is 0 Å². The molecule has 1 atom stereocenters. The molecule has 0 radical (unpaired) electrons. The number of anilines is 1. The average Bonchev–Trinajstić information content (AvgIpc) is 3.47. The van der Waals surface area contributed by atoms with Gasteiger partial charge < -0.3 is 10.2 Å². The molecule has 1 amide bonds. The minimum absolute atomic E-state index is 0.0790. The summed E-state index contributed by atoms with van der Waals surface area (Å²) >= 11 is 0. The van der Waals surface area contributed by atoms with Gasteiger partial charge in [0.2, 0.25) is 15.9 Å². The van der Waals surface area contributed by atoms with Crippen LogP contribution in [0.4, 0.5) is 5.69 Å². The molecular formula is C23H27N3O3S. The third kappa shape index (κ3) is 4.91. The zero-order valence-electron chi connectivity index (χ0n) is 17.0. The van der Waals surface area contributed by atoms with Crippen LogP contribution >= 0.6 is 0 Å². The van der Waals surface area contributed by atoms with E-state index in [4.69, 9.17) is 0 Å². The lowest BCUT2D eigenvalue weighted by molar-refractivity contribution is -0.116. The molecule has 4 rings (SSSR count). The lowest BCUT2D eigenvalue weighted by Gasteiger charge is -2.24. The van der Waals surface area contributed by atoms with Gasteiger partial charge in [0.25, 0.3) is 0 Å². The summed E-state index contributed by atoms with van der Waals surface area (Å²) in [4.78, 5) is 14.7. The monoisotopic (exact) mass is 425 g/mol. The number of rotatable bonds is 8. The number of para-hydroxylation sites is 1. The lowest BCUT2D eigenvalue weighted by atomic mass is 10.1. The van der Waals surface area contributed by atoms with Gasteiger partial charge in [0.05, 0.1) is 4.90 Å². The Morgan fingerprint density at radius 1 is 1.13 bits per heavy atom. The summed E-state index contributed by atoms with van der Waals surface area (Å²) in [5.41, 5.74) is 3.38. The van der Waals surface area contributed by atoms with Crippen molar-refractivity contribution in [1.29, 1.82) is 0 Å². The number of amides is 1. The van der Waals surface area contributed by atoms with Gasteiger partial charge in [0.15, 0.2) is 0 Å². The molecule has 0 bridgehead atoms. The molecule has 1 saturated carbocycles. The maximum Gasteiger partial charge on any atom is 0.244 e. The van der Waals surface area contributed by atoms with Crippen LogP contribution in [0.15, 0.2) is 59.5 Å². The summed E-state index contributed by atoms with van der Waals surface area (Å²) in [6.07, 6.45) is 6.00. The van der Waals surface area contributed by atoms with Gasteiger partial charge >= 0.3 is 0 Å². The van der Waals surface area contributed by atoms with E-state index in [1.54, 1.807) is 30.3 Å². The number of benzene rings is 2. The fourth-order valence-electron chi connectivity index (χ4n) is 3.75. The maximum absolute atomic E-state index is 12.2. The molecular weight excluding hydrogens is 398 g/mol. The van der Waals surface area contributed by atoms with Gasteiger partial charge in [-0.2, -0.15) is 0 Å². The molecule has 1 aliphatic heterocycles. The first-order valence-corrected chi connectivity index (χ1v) is 11.8. The minimum atomic E-state index is -3.45. The zero-order valence-corrected chi connectivity index (χ0v) is 17.9. The molecule has 0 spiro atoms. The van der Waals surface area contributed by atoms with Crippen molar-refractivity contribution in [2.24, 2.45) is 0 Å². The van der Waals surface area contributed by atoms with Crippen molar-refractivity contribution in [3.8, 4) is 0 Å². The van der Waals surface area contributed by atoms with E-state index in [9.17, 15) is 13.2 Å². The van der Waals surface area contributed by atoms with E-state index in [2.05, 4.69) is 40.1 Å². The second-order valence-electron chi connectivity index (χ2n) is 7.96. The molecule has 2 N–H and O–H groups in total. The molecule has 1 aliphatic carbocycles. The molecule has 0 saturated heterocycles. The molecule has 30 heavy (non-hydrogen) atoms. The Morgan fingerprint density at radius 2 is 1.87 bits per heavy atom. The summed E-state index contributed by atoms with van der Waals surface area (Å²) in [7, 11) is -3.45. The first kappa shape index (κ1) is 20.6. The Labute approximate surface area is 178 Å². The van der Waals surface area contributed by atoms with Gasteiger partial charge in [-0.05, 0) is 61.6 Å². The number of carbonyl (C=O) groups excluding carboxylic acids is 1. The van der Waals surface area contributed by atoms with Crippen LogP contribution in [0, 0.1) is 0 Å². The molecule has 1 heterocycles. The Hall–Kier alpha value is -2.64. The van der Waals surface area contributed by atoms with E-state index in [1.807, 2.05) is 6.07 Å². The van der Waals surface area contributed by atoms with Gasteiger partial charge in [-0.25, -0.2) is 13.1 Å². The fraction of sp³-hybridized carbons (Fsp3) is 0.348. The van der Waals surface area contributed by atoms with Crippen LogP contribution in [-0.2, 0) is 21.2 Å². The Kier molecular flexibility index (Phi) is 5.92. The molecule has 0 aromatic heterocycles. The predicted molar refractivity (Wildman–Crippen MR) is 119 cm³/mol. The number of sulfonamides is 1. The van der Waals surface area contributed by atoms with Crippen LogP contribution in [0.1, 0.15) is 30.9 Å². The molecule has 2 aromatic rings. The van der Waals surface area contributed by atoms with Crippen LogP contribution in [0.2, 0.25) is 0 Å². The van der Waals surface area contributed by atoms with Crippen molar-refractivity contribution in [2.45, 2.75) is 43.2 Å². The Morgan fingerprint density at radius 3 is 2.60 bits per heavy atom. The zero-order chi connectivity index (χ0) is 21.1. The van der Waals surface area contributed by atoms with Crippen molar-refractivity contribution in [3.63, 3.8) is 0 Å². The van der Waals surface area contributed by atoms with Gasteiger partial charge in [-0.3, -0.25) is 4.79 Å². The highest BCUT2D eigenvalue weighted by Crippen LogP contribution is 2.31. The fourth-order valence-corrected chi connectivity index (χ4v) is 5.05. The number of carbonyl (C=O) groups is 1. The molecule has 1 fully saturated rings. The highest BCUT2D eigenvalue weighted by atomic mass is 32.2. The molecule has 6 nitrogen and oxygen atoms in total. The summed E-state index contributed by atoms with van der Waals surface area (Å²) in [6, 6.07) is 15.4. The summed E-state index contributed by atoms with van der Waals surface area (Å²) in [6.45, 7) is 3.52. The Bertz CT molecular complexity index is 1040. The lowest BCUT2D eigenvalue weighted by Crippen LogP contribution is -2.37. The number of nitrogens with one attached hydrogen (secondary N) is 2. The van der Waals surface area contributed by atoms with Crippen LogP contribution in [0.5, 0.6) is 0 Å². The van der Waals surface area contributed by atoms with E-state index in [0.717, 1.165) is 31.4 Å². The third-order valence-corrected chi connectivity index (χ3v) is 7.05. The highest BCUT2D eigenvalue weighted by Gasteiger charge is 2.28. The van der Waals surface area contributed by atoms with E-state index in [-0.39, 0.29) is 16.8 Å². The topological polar surface area (TPSA) is 78.5 Å². The van der Waals surface area contributed by atoms with Crippen LogP contribution in [-0.4, -0.2) is 39.5 Å². The number of fused-ring (bicyclic) bond motifs is 1. The summed E-state index contributed by atoms with van der Waals surface area (Å²) in [5, 5.41) is 2.92. The quantitative estimate of drug-likeness (QED) is 0.638. The van der Waals surface area contributed by atoms with Crippen molar-refractivity contribution >= 4 is 27.7 Å². The van der Waals surface area contributed by atoms with E-state index in [1.165, 1.54) is 17.3 Å². The third-order valence-electron chi connectivity index (χ3n) is 5.52. The first-order valence-electron chi connectivity index (χ1n) is 10.4.